The fraction of sp³-hybridized carbons (Fsp3) is 0.875. The molecule has 1 N–H and O–H groups in total. The van der Waals surface area contributed by atoms with Gasteiger partial charge in [0.05, 0.1) is 17.8 Å². The molecule has 0 aromatic rings. The number of aliphatic hydroxyl groups excluding tert-OH is 1. The van der Waals surface area contributed by atoms with E-state index in [9.17, 15) is 15.2 Å². The highest BCUT2D eigenvalue weighted by atomic mass is 16.5. The minimum atomic E-state index is -0.922. The lowest BCUT2D eigenvalue weighted by Gasteiger charge is -2.47. The average molecular weight is 308 g/mol. The van der Waals surface area contributed by atoms with Crippen LogP contribution in [0.4, 0.5) is 0 Å². The van der Waals surface area contributed by atoms with Crippen molar-refractivity contribution in [3.8, 4) is 6.07 Å². The molecule has 3 aliphatic heterocycles. The maximum Gasteiger partial charge on any atom is 0.243 e. The van der Waals surface area contributed by atoms with Gasteiger partial charge in [0.25, 0.3) is 0 Å². The molecule has 0 aromatic carbocycles. The Labute approximate surface area is 131 Å². The summed E-state index contributed by atoms with van der Waals surface area (Å²) >= 11 is 0. The van der Waals surface area contributed by atoms with Crippen molar-refractivity contribution in [2.24, 2.45) is 5.41 Å². The number of ether oxygens (including phenoxy) is 2. The first-order valence-corrected chi connectivity index (χ1v) is 8.22. The smallest absolute Gasteiger partial charge is 0.243 e. The number of likely N-dealkylation sites (tertiary alicyclic amines) is 1. The third kappa shape index (κ3) is 2.62. The van der Waals surface area contributed by atoms with Crippen LogP contribution in [0.2, 0.25) is 0 Å². The van der Waals surface area contributed by atoms with Crippen molar-refractivity contribution < 1.29 is 19.4 Å². The van der Waals surface area contributed by atoms with Crippen molar-refractivity contribution >= 4 is 5.91 Å². The molecule has 3 aliphatic rings. The SMILES string of the molecule is N#CC1(C(=O)N2CCC3(CC2)OCCC[C@@H]3O)CCOCC1. The van der Waals surface area contributed by atoms with Gasteiger partial charge < -0.3 is 19.5 Å². The van der Waals surface area contributed by atoms with Crippen LogP contribution < -0.4 is 0 Å². The summed E-state index contributed by atoms with van der Waals surface area (Å²) in [5, 5.41) is 19.8. The molecular weight excluding hydrogens is 284 g/mol. The maximum atomic E-state index is 12.8. The van der Waals surface area contributed by atoms with E-state index in [1.165, 1.54) is 0 Å². The van der Waals surface area contributed by atoms with Crippen molar-refractivity contribution in [1.29, 1.82) is 5.26 Å². The van der Waals surface area contributed by atoms with Gasteiger partial charge >= 0.3 is 0 Å². The summed E-state index contributed by atoms with van der Waals surface area (Å²) in [7, 11) is 0. The number of nitriles is 1. The average Bonchev–Trinajstić information content (AvgIpc) is 2.58. The molecule has 0 bridgehead atoms. The van der Waals surface area contributed by atoms with Gasteiger partial charge in [-0.15, -0.1) is 0 Å². The molecule has 1 amide bonds. The Kier molecular flexibility index (Phi) is 4.40. The number of carbonyl (C=O) groups excluding carboxylic acids is 1. The second kappa shape index (κ2) is 6.15. The lowest BCUT2D eigenvalue weighted by molar-refractivity contribution is -0.182. The summed E-state index contributed by atoms with van der Waals surface area (Å²) in [6, 6.07) is 2.24. The second-order valence-electron chi connectivity index (χ2n) is 6.67. The van der Waals surface area contributed by atoms with E-state index in [0.717, 1.165) is 12.8 Å². The van der Waals surface area contributed by atoms with Crippen molar-refractivity contribution in [3.63, 3.8) is 0 Å². The van der Waals surface area contributed by atoms with Crippen LogP contribution in [0.3, 0.4) is 0 Å². The molecule has 3 fully saturated rings. The molecule has 3 heterocycles. The normalized spacial score (nSPS) is 30.7. The minimum absolute atomic E-state index is 0.0709. The zero-order valence-corrected chi connectivity index (χ0v) is 12.9. The molecule has 0 aromatic heterocycles. The predicted molar refractivity (Wildman–Crippen MR) is 77.8 cm³/mol. The van der Waals surface area contributed by atoms with Gasteiger partial charge in [-0.3, -0.25) is 4.79 Å². The van der Waals surface area contributed by atoms with Gasteiger partial charge in [-0.25, -0.2) is 0 Å². The van der Waals surface area contributed by atoms with E-state index in [1.54, 1.807) is 4.90 Å². The molecule has 0 aliphatic carbocycles. The maximum absolute atomic E-state index is 12.8. The lowest BCUT2D eigenvalue weighted by atomic mass is 9.78. The van der Waals surface area contributed by atoms with Gasteiger partial charge in [0, 0.05) is 32.9 Å². The van der Waals surface area contributed by atoms with E-state index in [2.05, 4.69) is 6.07 Å². The standard InChI is InChI=1S/C16H24N2O4/c17-12-15(5-10-21-11-6-15)14(20)18-7-3-16(4-8-18)13(19)2-1-9-22-16/h13,19H,1-11H2/t13-/m0/s1. The zero-order chi connectivity index (χ0) is 15.6. The van der Waals surface area contributed by atoms with Crippen molar-refractivity contribution in [2.45, 2.75) is 50.2 Å². The molecule has 1 atom stereocenters. The van der Waals surface area contributed by atoms with E-state index in [0.29, 0.717) is 58.6 Å². The molecule has 3 saturated heterocycles. The highest BCUT2D eigenvalue weighted by molar-refractivity contribution is 5.85. The zero-order valence-electron chi connectivity index (χ0n) is 12.9. The molecular formula is C16H24N2O4. The molecule has 22 heavy (non-hydrogen) atoms. The molecule has 3 rings (SSSR count). The monoisotopic (exact) mass is 308 g/mol. The van der Waals surface area contributed by atoms with Gasteiger partial charge in [0.1, 0.15) is 5.41 Å². The number of nitrogens with zero attached hydrogens (tertiary/aromatic N) is 2. The number of hydrogen-bond acceptors (Lipinski definition) is 5. The fourth-order valence-electron chi connectivity index (χ4n) is 3.87. The second-order valence-corrected chi connectivity index (χ2v) is 6.67. The first kappa shape index (κ1) is 15.7. The molecule has 0 unspecified atom stereocenters. The number of piperidine rings is 1. The number of hydrogen-bond donors (Lipinski definition) is 1. The molecule has 1 spiro atoms. The largest absolute Gasteiger partial charge is 0.390 e. The Morgan fingerprint density at radius 2 is 1.86 bits per heavy atom. The summed E-state index contributed by atoms with van der Waals surface area (Å²) in [5.41, 5.74) is -1.40. The van der Waals surface area contributed by atoms with Crippen LogP contribution in [-0.4, -0.2) is 60.5 Å². The molecule has 6 heteroatoms. The lowest BCUT2D eigenvalue weighted by Crippen LogP contribution is -2.58. The van der Waals surface area contributed by atoms with Crippen molar-refractivity contribution in [1.82, 2.24) is 4.90 Å². The number of amides is 1. The summed E-state index contributed by atoms with van der Waals surface area (Å²) in [6.45, 7) is 2.74. The van der Waals surface area contributed by atoms with Crippen LogP contribution in [0.25, 0.3) is 0 Å². The number of aliphatic hydroxyl groups is 1. The van der Waals surface area contributed by atoms with E-state index >= 15 is 0 Å². The van der Waals surface area contributed by atoms with Gasteiger partial charge in [0.15, 0.2) is 0 Å². The number of rotatable bonds is 1. The molecule has 0 radical (unpaired) electrons. The van der Waals surface area contributed by atoms with E-state index in [-0.39, 0.29) is 5.91 Å². The van der Waals surface area contributed by atoms with Crippen LogP contribution in [0, 0.1) is 16.7 Å². The summed E-state index contributed by atoms with van der Waals surface area (Å²) < 4.78 is 11.2. The van der Waals surface area contributed by atoms with Gasteiger partial charge in [-0.2, -0.15) is 5.26 Å². The Hall–Kier alpha value is -1.16. The summed E-state index contributed by atoms with van der Waals surface area (Å²) in [5.74, 6) is -0.0709. The van der Waals surface area contributed by atoms with Crippen LogP contribution in [0.15, 0.2) is 0 Å². The Balaban J connectivity index is 1.65. The van der Waals surface area contributed by atoms with Crippen LogP contribution >= 0.6 is 0 Å². The van der Waals surface area contributed by atoms with Gasteiger partial charge in [0.2, 0.25) is 5.91 Å². The Morgan fingerprint density at radius 1 is 1.18 bits per heavy atom. The van der Waals surface area contributed by atoms with Crippen LogP contribution in [0.5, 0.6) is 0 Å². The third-order valence-corrected chi connectivity index (χ3v) is 5.49. The van der Waals surface area contributed by atoms with E-state index < -0.39 is 17.1 Å². The highest BCUT2D eigenvalue weighted by Crippen LogP contribution is 2.38. The summed E-state index contributed by atoms with van der Waals surface area (Å²) in [6.07, 6.45) is 3.48. The van der Waals surface area contributed by atoms with Gasteiger partial charge in [-0.1, -0.05) is 0 Å². The van der Waals surface area contributed by atoms with E-state index in [1.807, 2.05) is 0 Å². The number of carbonyl (C=O) groups is 1. The predicted octanol–water partition coefficient (Wildman–Crippen LogP) is 0.839. The first-order valence-electron chi connectivity index (χ1n) is 8.22. The van der Waals surface area contributed by atoms with E-state index in [4.69, 9.17) is 9.47 Å². The first-order chi connectivity index (χ1) is 10.6. The van der Waals surface area contributed by atoms with Crippen molar-refractivity contribution in [2.75, 3.05) is 32.9 Å². The molecule has 0 saturated carbocycles. The Bertz CT molecular complexity index is 459. The van der Waals surface area contributed by atoms with Crippen LogP contribution in [0.1, 0.15) is 38.5 Å². The molecule has 6 nitrogen and oxygen atoms in total. The Morgan fingerprint density at radius 3 is 2.45 bits per heavy atom. The topological polar surface area (TPSA) is 82.8 Å². The minimum Gasteiger partial charge on any atom is -0.390 e. The summed E-state index contributed by atoms with van der Waals surface area (Å²) in [4.78, 5) is 14.6. The highest BCUT2D eigenvalue weighted by Gasteiger charge is 2.48. The van der Waals surface area contributed by atoms with Crippen LogP contribution in [-0.2, 0) is 14.3 Å². The fourth-order valence-corrected chi connectivity index (χ4v) is 3.87. The third-order valence-electron chi connectivity index (χ3n) is 5.49. The quantitative estimate of drug-likeness (QED) is 0.776. The molecule has 122 valence electrons. The van der Waals surface area contributed by atoms with Gasteiger partial charge in [-0.05, 0) is 38.5 Å². The van der Waals surface area contributed by atoms with Crippen molar-refractivity contribution in [3.05, 3.63) is 0 Å².